The topological polar surface area (TPSA) is 65.9 Å². The average molecular weight is 270 g/mol. The lowest BCUT2D eigenvalue weighted by molar-refractivity contribution is -0.141. The van der Waals surface area contributed by atoms with Crippen LogP contribution in [-0.4, -0.2) is 24.1 Å². The van der Waals surface area contributed by atoms with Crippen molar-refractivity contribution in [3.05, 3.63) is 23.4 Å². The first-order valence-electron chi connectivity index (χ1n) is 5.90. The van der Waals surface area contributed by atoms with Crippen LogP contribution in [0, 0.1) is 11.3 Å². The molecular formula is C12H13F3N4. The van der Waals surface area contributed by atoms with E-state index in [1.165, 1.54) is 0 Å². The van der Waals surface area contributed by atoms with Crippen LogP contribution in [0.3, 0.4) is 0 Å². The number of nitrogens with zero attached hydrogens (tertiary/aromatic N) is 3. The van der Waals surface area contributed by atoms with E-state index >= 15 is 0 Å². The molecule has 4 nitrogen and oxygen atoms in total. The van der Waals surface area contributed by atoms with Gasteiger partial charge in [-0.15, -0.1) is 0 Å². The predicted molar refractivity (Wildman–Crippen MR) is 63.4 cm³/mol. The zero-order valence-electron chi connectivity index (χ0n) is 10.1. The molecule has 0 radical (unpaired) electrons. The van der Waals surface area contributed by atoms with Gasteiger partial charge in [0.05, 0.1) is 5.56 Å². The molecule has 1 fully saturated rings. The molecule has 2 heterocycles. The van der Waals surface area contributed by atoms with E-state index in [9.17, 15) is 13.2 Å². The third-order valence-electron chi connectivity index (χ3n) is 3.04. The highest BCUT2D eigenvalue weighted by Crippen LogP contribution is 2.31. The fraction of sp³-hybridized carbons (Fsp3) is 0.500. The lowest BCUT2D eigenvalue weighted by Gasteiger charge is -2.32. The number of halogens is 3. The van der Waals surface area contributed by atoms with E-state index < -0.39 is 11.9 Å². The second-order valence-corrected chi connectivity index (χ2v) is 4.53. The fourth-order valence-corrected chi connectivity index (χ4v) is 2.14. The Morgan fingerprint density at radius 1 is 1.42 bits per heavy atom. The first-order chi connectivity index (χ1) is 8.91. The summed E-state index contributed by atoms with van der Waals surface area (Å²) in [5, 5.41) is 8.98. The number of nitriles is 1. The Hall–Kier alpha value is -1.81. The quantitative estimate of drug-likeness (QED) is 0.846. The molecular weight excluding hydrogens is 257 g/mol. The standard InChI is InChI=1S/C12H13F3N4/c13-12(14,15)10-4-3-8(6-16)11(18-10)19-5-1-2-9(17)7-19/h3-4,9H,1-2,5,7,17H2/t9-/m1/s1. The summed E-state index contributed by atoms with van der Waals surface area (Å²) in [5.74, 6) is 0.0764. The van der Waals surface area contributed by atoms with Crippen molar-refractivity contribution >= 4 is 5.82 Å². The van der Waals surface area contributed by atoms with Crippen LogP contribution in [0.4, 0.5) is 19.0 Å². The molecule has 0 aliphatic carbocycles. The zero-order valence-corrected chi connectivity index (χ0v) is 10.1. The molecule has 0 unspecified atom stereocenters. The monoisotopic (exact) mass is 270 g/mol. The number of piperidine rings is 1. The van der Waals surface area contributed by atoms with Gasteiger partial charge in [0.1, 0.15) is 17.6 Å². The van der Waals surface area contributed by atoms with Crippen molar-refractivity contribution in [2.75, 3.05) is 18.0 Å². The van der Waals surface area contributed by atoms with E-state index in [1.54, 1.807) is 4.90 Å². The fourth-order valence-electron chi connectivity index (χ4n) is 2.14. The van der Waals surface area contributed by atoms with Crippen molar-refractivity contribution in [1.29, 1.82) is 5.26 Å². The molecule has 1 saturated heterocycles. The summed E-state index contributed by atoms with van der Waals surface area (Å²) >= 11 is 0. The van der Waals surface area contributed by atoms with Crippen molar-refractivity contribution in [3.63, 3.8) is 0 Å². The summed E-state index contributed by atoms with van der Waals surface area (Å²) in [4.78, 5) is 5.25. The molecule has 0 aromatic carbocycles. The van der Waals surface area contributed by atoms with E-state index in [4.69, 9.17) is 11.0 Å². The van der Waals surface area contributed by atoms with Gasteiger partial charge in [-0.05, 0) is 25.0 Å². The van der Waals surface area contributed by atoms with Crippen LogP contribution in [0.5, 0.6) is 0 Å². The minimum Gasteiger partial charge on any atom is -0.354 e. The van der Waals surface area contributed by atoms with Crippen LogP contribution in [0.25, 0.3) is 0 Å². The first-order valence-corrected chi connectivity index (χ1v) is 5.90. The Labute approximate surface area is 108 Å². The molecule has 1 aliphatic heterocycles. The van der Waals surface area contributed by atoms with E-state index in [0.29, 0.717) is 13.1 Å². The van der Waals surface area contributed by atoms with Crippen LogP contribution in [0.2, 0.25) is 0 Å². The normalized spacial score (nSPS) is 20.2. The smallest absolute Gasteiger partial charge is 0.354 e. The van der Waals surface area contributed by atoms with Crippen molar-refractivity contribution in [1.82, 2.24) is 4.98 Å². The molecule has 19 heavy (non-hydrogen) atoms. The van der Waals surface area contributed by atoms with Gasteiger partial charge in [-0.3, -0.25) is 0 Å². The maximum Gasteiger partial charge on any atom is 0.433 e. The van der Waals surface area contributed by atoms with Gasteiger partial charge in [-0.1, -0.05) is 0 Å². The highest BCUT2D eigenvalue weighted by atomic mass is 19.4. The molecule has 0 spiro atoms. The lowest BCUT2D eigenvalue weighted by atomic mass is 10.1. The SMILES string of the molecule is N#Cc1ccc(C(F)(F)F)nc1N1CCC[C@@H](N)C1. The molecule has 0 bridgehead atoms. The molecule has 0 amide bonds. The average Bonchev–Trinajstić information content (AvgIpc) is 2.37. The van der Waals surface area contributed by atoms with Gasteiger partial charge in [0.25, 0.3) is 0 Å². The van der Waals surface area contributed by atoms with Gasteiger partial charge in [0.2, 0.25) is 0 Å². The zero-order chi connectivity index (χ0) is 14.0. The van der Waals surface area contributed by atoms with E-state index in [2.05, 4.69) is 4.98 Å². The third kappa shape index (κ3) is 2.96. The Kier molecular flexibility index (Phi) is 3.62. The predicted octanol–water partition coefficient (Wildman–Crippen LogP) is 1.90. The van der Waals surface area contributed by atoms with Crippen LogP contribution in [0.15, 0.2) is 12.1 Å². The Balaban J connectivity index is 2.39. The third-order valence-corrected chi connectivity index (χ3v) is 3.04. The van der Waals surface area contributed by atoms with Crippen LogP contribution in [0.1, 0.15) is 24.1 Å². The Morgan fingerprint density at radius 2 is 2.16 bits per heavy atom. The van der Waals surface area contributed by atoms with E-state index in [0.717, 1.165) is 25.0 Å². The number of rotatable bonds is 1. The van der Waals surface area contributed by atoms with Crippen LogP contribution in [-0.2, 0) is 6.18 Å². The minimum atomic E-state index is -4.51. The largest absolute Gasteiger partial charge is 0.433 e. The Morgan fingerprint density at radius 3 is 2.74 bits per heavy atom. The number of hydrogen-bond acceptors (Lipinski definition) is 4. The Bertz CT molecular complexity index is 507. The van der Waals surface area contributed by atoms with Gasteiger partial charge >= 0.3 is 6.18 Å². The number of hydrogen-bond donors (Lipinski definition) is 1. The molecule has 102 valence electrons. The molecule has 1 aliphatic rings. The summed E-state index contributed by atoms with van der Waals surface area (Å²) in [6.45, 7) is 0.986. The van der Waals surface area contributed by atoms with Gasteiger partial charge in [-0.2, -0.15) is 18.4 Å². The first kappa shape index (κ1) is 13.6. The number of alkyl halides is 3. The van der Waals surface area contributed by atoms with E-state index in [1.807, 2.05) is 6.07 Å². The number of aromatic nitrogens is 1. The molecule has 1 aromatic rings. The molecule has 7 heteroatoms. The van der Waals surface area contributed by atoms with Gasteiger partial charge in [0, 0.05) is 19.1 Å². The van der Waals surface area contributed by atoms with Crippen molar-refractivity contribution in [2.24, 2.45) is 5.73 Å². The lowest BCUT2D eigenvalue weighted by Crippen LogP contribution is -2.43. The second-order valence-electron chi connectivity index (χ2n) is 4.53. The summed E-state index contributed by atoms with van der Waals surface area (Å²) in [7, 11) is 0. The number of nitrogens with two attached hydrogens (primary N) is 1. The van der Waals surface area contributed by atoms with Crippen molar-refractivity contribution in [3.8, 4) is 6.07 Å². The summed E-state index contributed by atoms with van der Waals surface area (Å²) in [5.41, 5.74) is 4.96. The highest BCUT2D eigenvalue weighted by Gasteiger charge is 2.34. The van der Waals surface area contributed by atoms with Crippen molar-refractivity contribution < 1.29 is 13.2 Å². The summed E-state index contributed by atoms with van der Waals surface area (Å²) in [6, 6.07) is 3.76. The molecule has 1 atom stereocenters. The highest BCUT2D eigenvalue weighted by molar-refractivity contribution is 5.55. The van der Waals surface area contributed by atoms with Gasteiger partial charge in [-0.25, -0.2) is 4.98 Å². The molecule has 0 saturated carbocycles. The molecule has 2 N–H and O–H groups in total. The summed E-state index contributed by atoms with van der Waals surface area (Å²) in [6.07, 6.45) is -2.90. The van der Waals surface area contributed by atoms with Crippen LogP contribution < -0.4 is 10.6 Å². The maximum atomic E-state index is 12.7. The second kappa shape index (κ2) is 5.05. The van der Waals surface area contributed by atoms with Crippen molar-refractivity contribution in [2.45, 2.75) is 25.1 Å². The van der Waals surface area contributed by atoms with Crippen LogP contribution >= 0.6 is 0 Å². The number of anilines is 1. The minimum absolute atomic E-state index is 0.0764. The molecule has 1 aromatic heterocycles. The summed E-state index contributed by atoms with van der Waals surface area (Å²) < 4.78 is 38.0. The number of pyridine rings is 1. The van der Waals surface area contributed by atoms with Gasteiger partial charge in [0.15, 0.2) is 0 Å². The van der Waals surface area contributed by atoms with Gasteiger partial charge < -0.3 is 10.6 Å². The van der Waals surface area contributed by atoms with E-state index in [-0.39, 0.29) is 17.4 Å². The molecule has 2 rings (SSSR count). The maximum absolute atomic E-state index is 12.7.